The van der Waals surface area contributed by atoms with Crippen LogP contribution < -0.4 is 5.73 Å². The zero-order chi connectivity index (χ0) is 13.8. The molecule has 0 aliphatic rings. The molecule has 0 atom stereocenters. The van der Waals surface area contributed by atoms with Gasteiger partial charge in [0.05, 0.1) is 12.3 Å². The smallest absolute Gasteiger partial charge is 0.327 e. The molecule has 0 amide bonds. The van der Waals surface area contributed by atoms with E-state index in [1.807, 2.05) is 12.1 Å². The van der Waals surface area contributed by atoms with Gasteiger partial charge in [-0.25, -0.2) is 4.68 Å². The summed E-state index contributed by atoms with van der Waals surface area (Å²) in [5.74, 6) is 0.0398. The average molecular weight is 280 g/mol. The van der Waals surface area contributed by atoms with Gasteiger partial charge in [0.2, 0.25) is 0 Å². The highest BCUT2D eigenvalue weighted by Crippen LogP contribution is 2.23. The Balaban J connectivity index is 2.23. The van der Waals surface area contributed by atoms with Crippen LogP contribution in [-0.4, -0.2) is 22.4 Å². The molecule has 5 nitrogen and oxygen atoms in total. The van der Waals surface area contributed by atoms with Crippen molar-refractivity contribution in [2.75, 3.05) is 12.3 Å². The Bertz CT molecular complexity index is 595. The topological polar surface area (TPSA) is 70.1 Å². The van der Waals surface area contributed by atoms with Crippen LogP contribution in [-0.2, 0) is 16.1 Å². The fraction of sp³-hybridized carbons (Fsp3) is 0.231. The first kappa shape index (κ1) is 13.4. The number of anilines is 1. The second-order valence-electron chi connectivity index (χ2n) is 3.93. The molecule has 0 spiro atoms. The molecule has 0 fully saturated rings. The molecule has 1 heterocycles. The number of nitrogens with two attached hydrogens (primary N) is 1. The van der Waals surface area contributed by atoms with Gasteiger partial charge in [-0.3, -0.25) is 4.79 Å². The number of carbonyl (C=O) groups is 1. The maximum atomic E-state index is 11.4. The lowest BCUT2D eigenvalue weighted by Gasteiger charge is -2.03. The number of ether oxygens (including phenoxy) is 1. The van der Waals surface area contributed by atoms with E-state index in [0.29, 0.717) is 23.1 Å². The summed E-state index contributed by atoms with van der Waals surface area (Å²) in [5, 5.41) is 4.90. The summed E-state index contributed by atoms with van der Waals surface area (Å²) in [6, 6.07) is 8.98. The molecule has 0 unspecified atom stereocenters. The van der Waals surface area contributed by atoms with Crippen molar-refractivity contribution >= 4 is 23.4 Å². The lowest BCUT2D eigenvalue weighted by molar-refractivity contribution is -0.143. The van der Waals surface area contributed by atoms with Crippen LogP contribution in [0.15, 0.2) is 30.3 Å². The highest BCUT2D eigenvalue weighted by molar-refractivity contribution is 6.30. The predicted octanol–water partition coefficient (Wildman–Crippen LogP) is 2.35. The van der Waals surface area contributed by atoms with Gasteiger partial charge in [0, 0.05) is 16.7 Å². The van der Waals surface area contributed by atoms with E-state index in [9.17, 15) is 4.79 Å². The Hall–Kier alpha value is -2.01. The van der Waals surface area contributed by atoms with Gasteiger partial charge in [-0.2, -0.15) is 5.10 Å². The highest BCUT2D eigenvalue weighted by atomic mass is 35.5. The van der Waals surface area contributed by atoms with Crippen LogP contribution in [0.3, 0.4) is 0 Å². The van der Waals surface area contributed by atoms with Crippen LogP contribution in [0.5, 0.6) is 0 Å². The van der Waals surface area contributed by atoms with E-state index < -0.39 is 0 Å². The fourth-order valence-electron chi connectivity index (χ4n) is 1.68. The van der Waals surface area contributed by atoms with Crippen molar-refractivity contribution in [1.82, 2.24) is 9.78 Å². The van der Waals surface area contributed by atoms with E-state index in [2.05, 4.69) is 5.10 Å². The third-order valence-corrected chi connectivity index (χ3v) is 2.75. The summed E-state index contributed by atoms with van der Waals surface area (Å²) in [7, 11) is 0. The van der Waals surface area contributed by atoms with E-state index in [-0.39, 0.29) is 12.5 Å². The van der Waals surface area contributed by atoms with Gasteiger partial charge in [0.25, 0.3) is 0 Å². The Morgan fingerprint density at radius 2 is 2.26 bits per heavy atom. The molecule has 0 bridgehead atoms. The molecular weight excluding hydrogens is 266 g/mol. The summed E-state index contributed by atoms with van der Waals surface area (Å²) in [6.45, 7) is 2.09. The lowest BCUT2D eigenvalue weighted by Crippen LogP contribution is -2.16. The highest BCUT2D eigenvalue weighted by Gasteiger charge is 2.11. The van der Waals surface area contributed by atoms with Gasteiger partial charge in [-0.15, -0.1) is 0 Å². The Labute approximate surface area is 115 Å². The summed E-state index contributed by atoms with van der Waals surface area (Å²) in [4.78, 5) is 11.4. The summed E-state index contributed by atoms with van der Waals surface area (Å²) < 4.78 is 6.27. The standard InChI is InChI=1S/C13H14ClN3O2/c1-2-19-13(18)8-17-12(15)7-11(16-17)9-4-3-5-10(14)6-9/h3-7H,2,8,15H2,1H3. The van der Waals surface area contributed by atoms with Gasteiger partial charge >= 0.3 is 5.97 Å². The van der Waals surface area contributed by atoms with Gasteiger partial charge < -0.3 is 10.5 Å². The van der Waals surface area contributed by atoms with Crippen LogP contribution >= 0.6 is 11.6 Å². The normalized spacial score (nSPS) is 10.4. The fourth-order valence-corrected chi connectivity index (χ4v) is 1.87. The molecule has 0 radical (unpaired) electrons. The van der Waals surface area contributed by atoms with E-state index in [4.69, 9.17) is 22.1 Å². The summed E-state index contributed by atoms with van der Waals surface area (Å²) >= 11 is 5.93. The van der Waals surface area contributed by atoms with Crippen molar-refractivity contribution in [2.24, 2.45) is 0 Å². The third-order valence-electron chi connectivity index (χ3n) is 2.52. The van der Waals surface area contributed by atoms with Crippen molar-refractivity contribution in [3.05, 3.63) is 35.4 Å². The Kier molecular flexibility index (Phi) is 4.06. The monoisotopic (exact) mass is 279 g/mol. The lowest BCUT2D eigenvalue weighted by atomic mass is 10.1. The molecule has 1 aromatic heterocycles. The van der Waals surface area contributed by atoms with E-state index in [1.54, 1.807) is 25.1 Å². The van der Waals surface area contributed by atoms with Crippen molar-refractivity contribution in [1.29, 1.82) is 0 Å². The zero-order valence-electron chi connectivity index (χ0n) is 10.5. The van der Waals surface area contributed by atoms with Crippen LogP contribution in [0.1, 0.15) is 6.92 Å². The first-order valence-corrected chi connectivity index (χ1v) is 6.23. The molecule has 0 saturated heterocycles. The second-order valence-corrected chi connectivity index (χ2v) is 4.36. The van der Waals surface area contributed by atoms with Gasteiger partial charge in [-0.1, -0.05) is 23.7 Å². The molecule has 1 aromatic carbocycles. The maximum absolute atomic E-state index is 11.4. The molecule has 0 saturated carbocycles. The van der Waals surface area contributed by atoms with Crippen molar-refractivity contribution < 1.29 is 9.53 Å². The van der Waals surface area contributed by atoms with E-state index in [1.165, 1.54) is 4.68 Å². The molecule has 100 valence electrons. The quantitative estimate of drug-likeness (QED) is 0.872. The minimum Gasteiger partial charge on any atom is -0.465 e. The molecule has 0 aliphatic carbocycles. The summed E-state index contributed by atoms with van der Waals surface area (Å²) in [5.41, 5.74) is 7.34. The molecule has 0 aliphatic heterocycles. The molecule has 2 rings (SSSR count). The zero-order valence-corrected chi connectivity index (χ0v) is 11.2. The first-order valence-electron chi connectivity index (χ1n) is 5.85. The molecule has 19 heavy (non-hydrogen) atoms. The number of hydrogen-bond donors (Lipinski definition) is 1. The average Bonchev–Trinajstić information content (AvgIpc) is 2.71. The SMILES string of the molecule is CCOC(=O)Cn1nc(-c2cccc(Cl)c2)cc1N. The van der Waals surface area contributed by atoms with Gasteiger partial charge in [0.1, 0.15) is 12.4 Å². The number of rotatable bonds is 4. The number of hydrogen-bond acceptors (Lipinski definition) is 4. The van der Waals surface area contributed by atoms with Crippen molar-refractivity contribution in [2.45, 2.75) is 13.5 Å². The minimum absolute atomic E-state index is 0.000237. The van der Waals surface area contributed by atoms with Crippen LogP contribution in [0.4, 0.5) is 5.82 Å². The maximum Gasteiger partial charge on any atom is 0.327 e. The van der Waals surface area contributed by atoms with Crippen molar-refractivity contribution in [3.63, 3.8) is 0 Å². The molecular formula is C13H14ClN3O2. The number of esters is 1. The van der Waals surface area contributed by atoms with Gasteiger partial charge in [0.15, 0.2) is 0 Å². The van der Waals surface area contributed by atoms with E-state index in [0.717, 1.165) is 5.56 Å². The van der Waals surface area contributed by atoms with Crippen LogP contribution in [0, 0.1) is 0 Å². The van der Waals surface area contributed by atoms with Crippen LogP contribution in [0.25, 0.3) is 11.3 Å². The number of halogens is 1. The largest absolute Gasteiger partial charge is 0.465 e. The number of aromatic nitrogens is 2. The van der Waals surface area contributed by atoms with Crippen molar-refractivity contribution in [3.8, 4) is 11.3 Å². The molecule has 2 N–H and O–H groups in total. The van der Waals surface area contributed by atoms with Crippen LogP contribution in [0.2, 0.25) is 5.02 Å². The van der Waals surface area contributed by atoms with Gasteiger partial charge in [-0.05, 0) is 19.1 Å². The number of benzene rings is 1. The predicted molar refractivity (Wildman–Crippen MR) is 73.7 cm³/mol. The minimum atomic E-state index is -0.366. The first-order chi connectivity index (χ1) is 9.10. The number of carbonyl (C=O) groups excluding carboxylic acids is 1. The number of nitrogen functional groups attached to an aromatic ring is 1. The Morgan fingerprint density at radius 3 is 2.95 bits per heavy atom. The number of nitrogens with zero attached hydrogens (tertiary/aromatic N) is 2. The molecule has 6 heteroatoms. The molecule has 2 aromatic rings. The summed E-state index contributed by atoms with van der Waals surface area (Å²) in [6.07, 6.45) is 0. The Morgan fingerprint density at radius 1 is 1.47 bits per heavy atom. The second kappa shape index (κ2) is 5.75. The van der Waals surface area contributed by atoms with E-state index >= 15 is 0 Å². The third kappa shape index (κ3) is 3.26.